The Morgan fingerprint density at radius 3 is 2.50 bits per heavy atom. The van der Waals surface area contributed by atoms with Crippen LogP contribution in [0.5, 0.6) is 0 Å². The van der Waals surface area contributed by atoms with Crippen molar-refractivity contribution in [1.29, 1.82) is 0 Å². The lowest BCUT2D eigenvalue weighted by Crippen LogP contribution is -1.96. The van der Waals surface area contributed by atoms with E-state index in [0.29, 0.717) is 0 Å². The van der Waals surface area contributed by atoms with Crippen molar-refractivity contribution in [2.24, 2.45) is 5.92 Å². The summed E-state index contributed by atoms with van der Waals surface area (Å²) in [5.74, 6) is 0.875. The highest BCUT2D eigenvalue weighted by Crippen LogP contribution is 2.20. The average molecular weight is 162 g/mol. The van der Waals surface area contributed by atoms with Gasteiger partial charge in [-0.3, -0.25) is 0 Å². The molecule has 0 aliphatic heterocycles. The van der Waals surface area contributed by atoms with Gasteiger partial charge in [0, 0.05) is 0 Å². The maximum absolute atomic E-state index is 3.73. The van der Waals surface area contributed by atoms with E-state index >= 15 is 0 Å². The number of allylic oxidation sites excluding steroid dienone is 5. The van der Waals surface area contributed by atoms with Gasteiger partial charge >= 0.3 is 0 Å². The first kappa shape index (κ1) is 9.31. The van der Waals surface area contributed by atoms with Gasteiger partial charge in [0.1, 0.15) is 0 Å². The zero-order valence-corrected chi connectivity index (χ0v) is 7.71. The van der Waals surface area contributed by atoms with Crippen molar-refractivity contribution in [2.45, 2.75) is 32.1 Å². The van der Waals surface area contributed by atoms with Crippen LogP contribution in [0, 0.1) is 5.92 Å². The van der Waals surface area contributed by atoms with Gasteiger partial charge in [0.2, 0.25) is 0 Å². The fourth-order valence-corrected chi connectivity index (χ4v) is 1.58. The van der Waals surface area contributed by atoms with Crippen molar-refractivity contribution in [1.82, 2.24) is 0 Å². The van der Waals surface area contributed by atoms with Crippen molar-refractivity contribution in [3.63, 3.8) is 0 Å². The summed E-state index contributed by atoms with van der Waals surface area (Å²) < 4.78 is 0. The lowest BCUT2D eigenvalue weighted by Gasteiger charge is -2.10. The molecule has 0 aromatic rings. The number of rotatable bonds is 4. The zero-order chi connectivity index (χ0) is 8.65. The summed E-state index contributed by atoms with van der Waals surface area (Å²) >= 11 is 0. The molecular weight excluding hydrogens is 144 g/mol. The highest BCUT2D eigenvalue weighted by atomic mass is 14.1. The molecule has 0 aromatic heterocycles. The van der Waals surface area contributed by atoms with E-state index in [2.05, 4.69) is 30.9 Å². The summed E-state index contributed by atoms with van der Waals surface area (Å²) in [7, 11) is 0. The van der Waals surface area contributed by atoms with Crippen LogP contribution < -0.4 is 0 Å². The molecule has 0 saturated carbocycles. The Labute approximate surface area is 75.7 Å². The van der Waals surface area contributed by atoms with Crippen molar-refractivity contribution in [2.75, 3.05) is 0 Å². The predicted octanol–water partition coefficient (Wildman–Crippen LogP) is 3.87. The van der Waals surface area contributed by atoms with Gasteiger partial charge in [-0.05, 0) is 38.0 Å². The maximum atomic E-state index is 3.73. The maximum Gasteiger partial charge on any atom is -0.0316 e. The quantitative estimate of drug-likeness (QED) is 0.435. The van der Waals surface area contributed by atoms with E-state index in [1.807, 2.05) is 6.08 Å². The Kier molecular flexibility index (Phi) is 4.51. The van der Waals surface area contributed by atoms with Crippen molar-refractivity contribution in [3.05, 3.63) is 37.0 Å². The summed E-state index contributed by atoms with van der Waals surface area (Å²) in [4.78, 5) is 0. The van der Waals surface area contributed by atoms with Gasteiger partial charge in [-0.2, -0.15) is 0 Å². The smallest absolute Gasteiger partial charge is 0.0316 e. The SMILES string of the molecule is C=CCCCC1CC=CC=CC1. The molecule has 0 amide bonds. The molecule has 0 unspecified atom stereocenters. The Bertz CT molecular complexity index is 160. The topological polar surface area (TPSA) is 0 Å². The monoisotopic (exact) mass is 162 g/mol. The van der Waals surface area contributed by atoms with Crippen LogP contribution in [0.15, 0.2) is 37.0 Å². The minimum Gasteiger partial charge on any atom is -0.103 e. The largest absolute Gasteiger partial charge is 0.103 e. The number of hydrogen-bond acceptors (Lipinski definition) is 0. The summed E-state index contributed by atoms with van der Waals surface area (Å²) in [5, 5.41) is 0. The van der Waals surface area contributed by atoms with Crippen LogP contribution in [0.25, 0.3) is 0 Å². The molecule has 0 aromatic carbocycles. The first-order chi connectivity index (χ1) is 5.93. The van der Waals surface area contributed by atoms with E-state index in [4.69, 9.17) is 0 Å². The number of hydrogen-bond donors (Lipinski definition) is 0. The fraction of sp³-hybridized carbons (Fsp3) is 0.500. The lowest BCUT2D eigenvalue weighted by molar-refractivity contribution is 0.483. The Morgan fingerprint density at radius 2 is 1.92 bits per heavy atom. The molecule has 1 aliphatic rings. The van der Waals surface area contributed by atoms with E-state index in [-0.39, 0.29) is 0 Å². The third-order valence-corrected chi connectivity index (χ3v) is 2.34. The van der Waals surface area contributed by atoms with E-state index in [1.54, 1.807) is 0 Å². The normalized spacial score (nSPS) is 17.7. The van der Waals surface area contributed by atoms with Gasteiger partial charge in [-0.1, -0.05) is 30.4 Å². The Balaban J connectivity index is 2.18. The first-order valence-electron chi connectivity index (χ1n) is 4.86. The molecule has 0 bridgehead atoms. The molecule has 0 radical (unpaired) electrons. The molecule has 0 fully saturated rings. The van der Waals surface area contributed by atoms with E-state index in [9.17, 15) is 0 Å². The Hall–Kier alpha value is -0.780. The second-order valence-electron chi connectivity index (χ2n) is 3.41. The molecule has 66 valence electrons. The van der Waals surface area contributed by atoms with Gasteiger partial charge in [-0.15, -0.1) is 6.58 Å². The average Bonchev–Trinajstić information content (AvgIpc) is 2.33. The molecule has 1 aliphatic carbocycles. The van der Waals surface area contributed by atoms with Gasteiger partial charge in [0.15, 0.2) is 0 Å². The zero-order valence-electron chi connectivity index (χ0n) is 7.71. The van der Waals surface area contributed by atoms with E-state index < -0.39 is 0 Å². The van der Waals surface area contributed by atoms with Crippen LogP contribution in [-0.4, -0.2) is 0 Å². The highest BCUT2D eigenvalue weighted by Gasteiger charge is 2.05. The van der Waals surface area contributed by atoms with Crippen molar-refractivity contribution >= 4 is 0 Å². The van der Waals surface area contributed by atoms with Crippen LogP contribution in [0.4, 0.5) is 0 Å². The minimum atomic E-state index is 0.875. The molecule has 0 spiro atoms. The molecule has 0 nitrogen and oxygen atoms in total. The van der Waals surface area contributed by atoms with Crippen LogP contribution >= 0.6 is 0 Å². The molecule has 0 saturated heterocycles. The fourth-order valence-electron chi connectivity index (χ4n) is 1.58. The second kappa shape index (κ2) is 5.82. The standard InChI is InChI=1S/C12H18/c1-2-3-6-9-12-10-7-4-5-8-11-12/h2,4-5,7-8,12H,1,3,6,9-11H2. The van der Waals surface area contributed by atoms with Crippen LogP contribution in [0.1, 0.15) is 32.1 Å². The van der Waals surface area contributed by atoms with Crippen molar-refractivity contribution in [3.8, 4) is 0 Å². The van der Waals surface area contributed by atoms with Gasteiger partial charge < -0.3 is 0 Å². The summed E-state index contributed by atoms with van der Waals surface area (Å²) in [5.41, 5.74) is 0. The lowest BCUT2D eigenvalue weighted by atomic mass is 9.96. The summed E-state index contributed by atoms with van der Waals surface area (Å²) in [6.45, 7) is 3.73. The molecule has 1 rings (SSSR count). The van der Waals surface area contributed by atoms with E-state index in [0.717, 1.165) is 5.92 Å². The molecule has 0 atom stereocenters. The minimum absolute atomic E-state index is 0.875. The molecule has 0 heterocycles. The Morgan fingerprint density at radius 1 is 1.25 bits per heavy atom. The van der Waals surface area contributed by atoms with Crippen LogP contribution in [0.2, 0.25) is 0 Å². The van der Waals surface area contributed by atoms with Crippen LogP contribution in [-0.2, 0) is 0 Å². The molecule has 0 heteroatoms. The molecular formula is C12H18. The highest BCUT2D eigenvalue weighted by molar-refractivity contribution is 5.06. The predicted molar refractivity (Wildman–Crippen MR) is 55.1 cm³/mol. The molecule has 12 heavy (non-hydrogen) atoms. The van der Waals surface area contributed by atoms with Gasteiger partial charge in [-0.25, -0.2) is 0 Å². The second-order valence-corrected chi connectivity index (χ2v) is 3.41. The summed E-state index contributed by atoms with van der Waals surface area (Å²) in [6.07, 6.45) is 17.2. The summed E-state index contributed by atoms with van der Waals surface area (Å²) in [6, 6.07) is 0. The number of unbranched alkanes of at least 4 members (excludes halogenated alkanes) is 1. The van der Waals surface area contributed by atoms with E-state index in [1.165, 1.54) is 32.1 Å². The third kappa shape index (κ3) is 3.56. The van der Waals surface area contributed by atoms with Crippen LogP contribution in [0.3, 0.4) is 0 Å². The van der Waals surface area contributed by atoms with Gasteiger partial charge in [0.25, 0.3) is 0 Å². The van der Waals surface area contributed by atoms with Gasteiger partial charge in [0.05, 0.1) is 0 Å². The first-order valence-corrected chi connectivity index (χ1v) is 4.86. The van der Waals surface area contributed by atoms with Crippen molar-refractivity contribution < 1.29 is 0 Å². The third-order valence-electron chi connectivity index (χ3n) is 2.34. The molecule has 0 N–H and O–H groups in total.